The van der Waals surface area contributed by atoms with Crippen molar-refractivity contribution in [1.82, 2.24) is 0 Å². The third kappa shape index (κ3) is 11.1. The molecule has 2 heteroatoms. The van der Waals surface area contributed by atoms with Gasteiger partial charge in [0.15, 0.2) is 9.79 Å². The average Bonchev–Trinajstić information content (AvgIpc) is 2.83. The first-order valence-electron chi connectivity index (χ1n) is 13.3. The average molecular weight is 455 g/mol. The minimum absolute atomic E-state index is 0.943. The Kier molecular flexibility index (Phi) is 14.6. The van der Waals surface area contributed by atoms with E-state index in [1.807, 2.05) is 12.1 Å². The molecule has 0 aliphatic heterocycles. The minimum Gasteiger partial charge on any atom is -0.606 e. The number of benzene rings is 2. The predicted octanol–water partition coefficient (Wildman–Crippen LogP) is 9.44. The van der Waals surface area contributed by atoms with Crippen LogP contribution in [0.1, 0.15) is 115 Å². The first-order valence-corrected chi connectivity index (χ1v) is 14.5. The molecular weight excluding hydrogens is 408 g/mol. The minimum atomic E-state index is -1.09. The predicted molar refractivity (Wildman–Crippen MR) is 141 cm³/mol. The van der Waals surface area contributed by atoms with E-state index in [0.717, 1.165) is 22.6 Å². The molecule has 0 spiro atoms. The van der Waals surface area contributed by atoms with E-state index in [1.165, 1.54) is 101 Å². The van der Waals surface area contributed by atoms with Gasteiger partial charge in [0.1, 0.15) is 0 Å². The number of hydrogen-bond donors (Lipinski definition) is 0. The van der Waals surface area contributed by atoms with Crippen LogP contribution in [-0.2, 0) is 24.0 Å². The van der Waals surface area contributed by atoms with Gasteiger partial charge >= 0.3 is 0 Å². The van der Waals surface area contributed by atoms with Gasteiger partial charge in [0.25, 0.3) is 0 Å². The molecule has 0 aliphatic rings. The highest BCUT2D eigenvalue weighted by Crippen LogP contribution is 2.24. The van der Waals surface area contributed by atoms with Crippen molar-refractivity contribution in [3.8, 4) is 0 Å². The van der Waals surface area contributed by atoms with Crippen LogP contribution in [0.4, 0.5) is 0 Å². The van der Waals surface area contributed by atoms with Crippen LogP contribution in [0.2, 0.25) is 0 Å². The highest BCUT2D eigenvalue weighted by molar-refractivity contribution is 7.91. The molecule has 0 aromatic heterocycles. The Morgan fingerprint density at radius 1 is 0.531 bits per heavy atom. The quantitative estimate of drug-likeness (QED) is 0.162. The number of rotatable bonds is 18. The number of unbranched alkanes of at least 4 members (excludes halogenated alkanes) is 12. The molecule has 0 N–H and O–H groups in total. The summed E-state index contributed by atoms with van der Waals surface area (Å²) in [6.07, 6.45) is 20.8. The summed E-state index contributed by atoms with van der Waals surface area (Å²) in [5.41, 5.74) is 2.65. The second-order valence-electron chi connectivity index (χ2n) is 9.31. The maximum Gasteiger partial charge on any atom is 0.158 e. The van der Waals surface area contributed by atoms with Crippen LogP contribution < -0.4 is 0 Å². The third-order valence-electron chi connectivity index (χ3n) is 6.36. The molecule has 0 amide bonds. The molecule has 178 valence electrons. The van der Waals surface area contributed by atoms with Gasteiger partial charge in [0, 0.05) is 11.2 Å². The van der Waals surface area contributed by atoms with E-state index in [1.54, 1.807) is 0 Å². The van der Waals surface area contributed by atoms with Gasteiger partial charge in [-0.2, -0.15) is 0 Å². The Morgan fingerprint density at radius 3 is 1.31 bits per heavy atom. The van der Waals surface area contributed by atoms with Crippen molar-refractivity contribution in [3.63, 3.8) is 0 Å². The lowest BCUT2D eigenvalue weighted by atomic mass is 10.0. The van der Waals surface area contributed by atoms with Gasteiger partial charge < -0.3 is 4.55 Å². The first-order chi connectivity index (χ1) is 15.7. The molecule has 2 rings (SSSR count). The second-order valence-corrected chi connectivity index (χ2v) is 10.8. The van der Waals surface area contributed by atoms with E-state index in [-0.39, 0.29) is 0 Å². The van der Waals surface area contributed by atoms with E-state index in [2.05, 4.69) is 50.2 Å². The molecule has 0 heterocycles. The Balaban J connectivity index is 1.78. The summed E-state index contributed by atoms with van der Waals surface area (Å²) < 4.78 is 13.2. The van der Waals surface area contributed by atoms with E-state index in [9.17, 15) is 4.55 Å². The number of hydrogen-bond acceptors (Lipinski definition) is 1. The molecule has 0 saturated carbocycles. The highest BCUT2D eigenvalue weighted by atomic mass is 32.2. The Bertz CT molecular complexity index is 665. The molecule has 2 aromatic carbocycles. The summed E-state index contributed by atoms with van der Waals surface area (Å²) in [7, 11) is 0. The summed E-state index contributed by atoms with van der Waals surface area (Å²) in [6.45, 7) is 4.54. The van der Waals surface area contributed by atoms with Crippen LogP contribution in [0, 0.1) is 0 Å². The van der Waals surface area contributed by atoms with Crippen LogP contribution in [0.3, 0.4) is 0 Å². The fourth-order valence-electron chi connectivity index (χ4n) is 4.34. The van der Waals surface area contributed by atoms with E-state index >= 15 is 0 Å². The molecular formula is C30H46OS. The SMILES string of the molecule is CCCCCCCCCc1cccc([S+]([O-])c2cccc(CCCCCCCCC)c2)c1. The van der Waals surface area contributed by atoms with Gasteiger partial charge in [0.05, 0.1) is 0 Å². The van der Waals surface area contributed by atoms with E-state index < -0.39 is 11.2 Å². The van der Waals surface area contributed by atoms with Crippen molar-refractivity contribution < 1.29 is 4.55 Å². The fraction of sp³-hybridized carbons (Fsp3) is 0.600. The molecule has 0 unspecified atom stereocenters. The van der Waals surface area contributed by atoms with E-state index in [0.29, 0.717) is 0 Å². The van der Waals surface area contributed by atoms with Gasteiger partial charge in [-0.05, 0) is 61.1 Å². The standard InChI is InChI=1S/C30H46OS/c1-3-5-7-9-11-13-15-19-27-21-17-23-29(25-27)32(31)30-24-18-22-28(26-30)20-16-14-12-10-8-6-4-2/h17-18,21-26H,3-16,19-20H2,1-2H3. The summed E-state index contributed by atoms with van der Waals surface area (Å²) in [5.74, 6) is 0. The summed E-state index contributed by atoms with van der Waals surface area (Å²) in [5, 5.41) is 0. The third-order valence-corrected chi connectivity index (χ3v) is 7.73. The maximum absolute atomic E-state index is 13.2. The zero-order chi connectivity index (χ0) is 22.9. The molecule has 0 aliphatic carbocycles. The highest BCUT2D eigenvalue weighted by Gasteiger charge is 2.15. The van der Waals surface area contributed by atoms with Crippen LogP contribution in [0.25, 0.3) is 0 Å². The Morgan fingerprint density at radius 2 is 0.906 bits per heavy atom. The van der Waals surface area contributed by atoms with Crippen LogP contribution >= 0.6 is 0 Å². The summed E-state index contributed by atoms with van der Waals surface area (Å²) >= 11 is -1.09. The van der Waals surface area contributed by atoms with E-state index in [4.69, 9.17) is 0 Å². The van der Waals surface area contributed by atoms with Gasteiger partial charge in [-0.25, -0.2) is 0 Å². The zero-order valence-corrected chi connectivity index (χ0v) is 21.6. The van der Waals surface area contributed by atoms with Crippen molar-refractivity contribution in [2.45, 2.75) is 126 Å². The smallest absolute Gasteiger partial charge is 0.158 e. The first kappa shape index (κ1) is 27.0. The number of aryl methyl sites for hydroxylation is 2. The zero-order valence-electron chi connectivity index (χ0n) is 20.7. The van der Waals surface area contributed by atoms with Gasteiger partial charge in [0.2, 0.25) is 0 Å². The van der Waals surface area contributed by atoms with Crippen molar-refractivity contribution in [2.24, 2.45) is 0 Å². The molecule has 0 atom stereocenters. The molecule has 2 aromatic rings. The Labute approximate surface area is 201 Å². The Hall–Kier alpha value is -1.25. The van der Waals surface area contributed by atoms with Crippen molar-refractivity contribution in [2.75, 3.05) is 0 Å². The molecule has 32 heavy (non-hydrogen) atoms. The lowest BCUT2D eigenvalue weighted by Gasteiger charge is -2.12. The van der Waals surface area contributed by atoms with Crippen molar-refractivity contribution in [1.29, 1.82) is 0 Å². The van der Waals surface area contributed by atoms with Crippen LogP contribution in [0.15, 0.2) is 58.3 Å². The second kappa shape index (κ2) is 17.3. The van der Waals surface area contributed by atoms with Gasteiger partial charge in [-0.3, -0.25) is 0 Å². The monoisotopic (exact) mass is 454 g/mol. The normalized spacial score (nSPS) is 11.4. The summed E-state index contributed by atoms with van der Waals surface area (Å²) in [4.78, 5) is 1.89. The molecule has 1 nitrogen and oxygen atoms in total. The maximum atomic E-state index is 13.2. The fourth-order valence-corrected chi connectivity index (χ4v) is 5.53. The molecule has 0 saturated heterocycles. The van der Waals surface area contributed by atoms with Crippen molar-refractivity contribution in [3.05, 3.63) is 59.7 Å². The molecule has 0 fully saturated rings. The largest absolute Gasteiger partial charge is 0.606 e. The van der Waals surface area contributed by atoms with Crippen LogP contribution in [0.5, 0.6) is 0 Å². The lowest BCUT2D eigenvalue weighted by molar-refractivity contribution is 0.587. The van der Waals surface area contributed by atoms with Crippen molar-refractivity contribution >= 4 is 11.2 Å². The van der Waals surface area contributed by atoms with Gasteiger partial charge in [-0.15, -0.1) is 0 Å². The molecule has 0 radical (unpaired) electrons. The van der Waals surface area contributed by atoms with Gasteiger partial charge in [-0.1, -0.05) is 115 Å². The topological polar surface area (TPSA) is 23.1 Å². The van der Waals surface area contributed by atoms with Crippen LogP contribution in [-0.4, -0.2) is 4.55 Å². The molecule has 0 bridgehead atoms. The summed E-state index contributed by atoms with van der Waals surface area (Å²) in [6, 6.07) is 16.9. The lowest BCUT2D eigenvalue weighted by Crippen LogP contribution is -2.03.